The normalized spacial score (nSPS) is 18.2. The molecule has 1 atom stereocenters. The van der Waals surface area contributed by atoms with Crippen LogP contribution in [0.25, 0.3) is 11.3 Å². The number of aryl methyl sites for hydroxylation is 1. The lowest BCUT2D eigenvalue weighted by molar-refractivity contribution is -0.0927. The molecule has 5 rings (SSSR count). The lowest BCUT2D eigenvalue weighted by atomic mass is 9.99. The zero-order valence-corrected chi connectivity index (χ0v) is 18.6. The van der Waals surface area contributed by atoms with Gasteiger partial charge in [0.05, 0.1) is 23.5 Å². The Bertz CT molecular complexity index is 1230. The predicted molar refractivity (Wildman–Crippen MR) is 123 cm³/mol. The van der Waals surface area contributed by atoms with E-state index in [0.717, 1.165) is 11.3 Å². The number of amidine groups is 1. The number of aromatic amines is 1. The van der Waals surface area contributed by atoms with Crippen LogP contribution in [0.15, 0.2) is 41.4 Å². The fourth-order valence-corrected chi connectivity index (χ4v) is 4.20. The maximum atomic E-state index is 14.6. The Morgan fingerprint density at radius 2 is 1.94 bits per heavy atom. The van der Waals surface area contributed by atoms with E-state index >= 15 is 0 Å². The van der Waals surface area contributed by atoms with E-state index < -0.39 is 17.2 Å². The number of nitrogens with one attached hydrogen (secondary N) is 2. The van der Waals surface area contributed by atoms with Crippen molar-refractivity contribution in [2.24, 2.45) is 4.99 Å². The van der Waals surface area contributed by atoms with Gasteiger partial charge in [-0.3, -0.25) is 5.10 Å². The minimum absolute atomic E-state index is 0.0799. The van der Waals surface area contributed by atoms with E-state index in [2.05, 4.69) is 25.4 Å². The third-order valence-electron chi connectivity index (χ3n) is 6.07. The number of aromatic nitrogens is 2. The smallest absolute Gasteiger partial charge is 0.144 e. The average Bonchev–Trinajstić information content (AvgIpc) is 3.04. The number of aliphatic hydroxyl groups is 1. The van der Waals surface area contributed by atoms with E-state index in [9.17, 15) is 13.9 Å². The summed E-state index contributed by atoms with van der Waals surface area (Å²) < 4.78 is 34.9. The zero-order chi connectivity index (χ0) is 23.3. The fourth-order valence-electron chi connectivity index (χ4n) is 4.20. The summed E-state index contributed by atoms with van der Waals surface area (Å²) in [6.07, 6.45) is -0.328. The molecule has 2 aliphatic heterocycles. The Morgan fingerprint density at radius 3 is 2.67 bits per heavy atom. The number of morpholine rings is 1. The third kappa shape index (κ3) is 3.87. The average molecular weight is 453 g/mol. The molecule has 9 heteroatoms. The number of aliphatic imine (C=N–C) groups is 1. The van der Waals surface area contributed by atoms with Crippen molar-refractivity contribution in [1.82, 2.24) is 10.2 Å². The van der Waals surface area contributed by atoms with E-state index in [1.165, 1.54) is 18.2 Å². The first-order chi connectivity index (χ1) is 15.7. The largest absolute Gasteiger partial charge is 0.388 e. The molecular weight excluding hydrogens is 428 g/mol. The summed E-state index contributed by atoms with van der Waals surface area (Å²) in [6, 6.07) is 9.50. The highest BCUT2D eigenvalue weighted by Gasteiger charge is 2.33. The summed E-state index contributed by atoms with van der Waals surface area (Å²) in [4.78, 5) is 6.70. The molecule has 2 aliphatic rings. The SMILES string of the molecule is Cc1[nH]nc2c1N=C(c1c(F)cccc1F)Nc1ccc(N3CCO[C@H](C(C)(C)O)C3)cc1-2. The molecule has 0 bridgehead atoms. The molecule has 0 spiro atoms. The van der Waals surface area contributed by atoms with Crippen molar-refractivity contribution in [2.45, 2.75) is 32.5 Å². The summed E-state index contributed by atoms with van der Waals surface area (Å²) in [6.45, 7) is 6.99. The molecule has 1 aromatic heterocycles. The van der Waals surface area contributed by atoms with Crippen molar-refractivity contribution in [1.29, 1.82) is 0 Å². The number of H-pyrrole nitrogens is 1. The summed E-state index contributed by atoms with van der Waals surface area (Å²) in [5.74, 6) is -1.32. The second-order valence-corrected chi connectivity index (χ2v) is 8.92. The van der Waals surface area contributed by atoms with Gasteiger partial charge in [0.1, 0.15) is 35.0 Å². The number of benzene rings is 2. The van der Waals surface area contributed by atoms with E-state index in [4.69, 9.17) is 4.74 Å². The molecule has 2 aromatic carbocycles. The Balaban J connectivity index is 1.58. The number of nitrogens with zero attached hydrogens (tertiary/aromatic N) is 3. The highest BCUT2D eigenvalue weighted by atomic mass is 19.1. The van der Waals surface area contributed by atoms with E-state index in [0.29, 0.717) is 42.5 Å². The van der Waals surface area contributed by atoms with Gasteiger partial charge in [-0.05, 0) is 51.1 Å². The Morgan fingerprint density at radius 1 is 1.18 bits per heavy atom. The molecule has 0 radical (unpaired) electrons. The van der Waals surface area contributed by atoms with Gasteiger partial charge in [-0.2, -0.15) is 5.10 Å². The van der Waals surface area contributed by atoms with Crippen LogP contribution in [-0.4, -0.2) is 52.5 Å². The monoisotopic (exact) mass is 453 g/mol. The third-order valence-corrected chi connectivity index (χ3v) is 6.07. The van der Waals surface area contributed by atoms with Gasteiger partial charge in [0.25, 0.3) is 0 Å². The zero-order valence-electron chi connectivity index (χ0n) is 18.6. The Kier molecular flexibility index (Phi) is 5.18. The minimum Gasteiger partial charge on any atom is -0.388 e. The molecule has 7 nitrogen and oxygen atoms in total. The van der Waals surface area contributed by atoms with Crippen molar-refractivity contribution in [2.75, 3.05) is 29.9 Å². The molecule has 1 saturated heterocycles. The highest BCUT2D eigenvalue weighted by molar-refractivity contribution is 6.13. The van der Waals surface area contributed by atoms with Crippen LogP contribution in [-0.2, 0) is 4.74 Å². The van der Waals surface area contributed by atoms with Crippen LogP contribution in [0.1, 0.15) is 25.1 Å². The number of fused-ring (bicyclic) bond motifs is 3. The first kappa shape index (κ1) is 21.5. The summed E-state index contributed by atoms with van der Waals surface area (Å²) in [5.41, 5.74) is 2.94. The highest BCUT2D eigenvalue weighted by Crippen LogP contribution is 2.41. The molecule has 0 amide bonds. The second kappa shape index (κ2) is 7.93. The van der Waals surface area contributed by atoms with Gasteiger partial charge >= 0.3 is 0 Å². The molecule has 3 heterocycles. The van der Waals surface area contributed by atoms with E-state index in [1.54, 1.807) is 13.8 Å². The van der Waals surface area contributed by atoms with Crippen LogP contribution in [0, 0.1) is 18.6 Å². The minimum atomic E-state index is -0.967. The topological polar surface area (TPSA) is 85.8 Å². The van der Waals surface area contributed by atoms with Crippen molar-refractivity contribution in [3.8, 4) is 11.3 Å². The molecule has 0 saturated carbocycles. The number of hydrogen-bond donors (Lipinski definition) is 3. The number of hydrogen-bond acceptors (Lipinski definition) is 6. The van der Waals surface area contributed by atoms with Crippen LogP contribution in [0.3, 0.4) is 0 Å². The fraction of sp³-hybridized carbons (Fsp3) is 0.333. The molecular formula is C24H25F2N5O2. The van der Waals surface area contributed by atoms with Crippen LogP contribution >= 0.6 is 0 Å². The van der Waals surface area contributed by atoms with Crippen LogP contribution in [0.2, 0.25) is 0 Å². The predicted octanol–water partition coefficient (Wildman–Crippen LogP) is 4.14. The maximum absolute atomic E-state index is 14.6. The Labute approximate surface area is 190 Å². The Hall–Kier alpha value is -3.30. The molecule has 3 N–H and O–H groups in total. The van der Waals surface area contributed by atoms with Crippen molar-refractivity contribution in [3.05, 3.63) is 59.3 Å². The van der Waals surface area contributed by atoms with Gasteiger partial charge in [0, 0.05) is 30.0 Å². The number of halogens is 2. The van der Waals surface area contributed by atoms with Crippen molar-refractivity contribution < 1.29 is 18.6 Å². The van der Waals surface area contributed by atoms with Gasteiger partial charge in [0.15, 0.2) is 0 Å². The molecule has 0 unspecified atom stereocenters. The van der Waals surface area contributed by atoms with Gasteiger partial charge in [-0.25, -0.2) is 13.8 Å². The molecule has 33 heavy (non-hydrogen) atoms. The van der Waals surface area contributed by atoms with E-state index in [1.807, 2.05) is 25.1 Å². The van der Waals surface area contributed by atoms with Crippen LogP contribution in [0.5, 0.6) is 0 Å². The quantitative estimate of drug-likeness (QED) is 0.555. The van der Waals surface area contributed by atoms with Gasteiger partial charge in [0.2, 0.25) is 0 Å². The van der Waals surface area contributed by atoms with Gasteiger partial charge in [-0.15, -0.1) is 0 Å². The van der Waals surface area contributed by atoms with Crippen molar-refractivity contribution >= 4 is 22.9 Å². The van der Waals surface area contributed by atoms with Crippen molar-refractivity contribution in [3.63, 3.8) is 0 Å². The number of rotatable bonds is 3. The molecule has 172 valence electrons. The maximum Gasteiger partial charge on any atom is 0.144 e. The van der Waals surface area contributed by atoms with E-state index in [-0.39, 0.29) is 17.5 Å². The molecule has 0 aliphatic carbocycles. The van der Waals surface area contributed by atoms with Crippen LogP contribution in [0.4, 0.5) is 25.8 Å². The lowest BCUT2D eigenvalue weighted by Gasteiger charge is -2.39. The summed E-state index contributed by atoms with van der Waals surface area (Å²) in [5, 5.41) is 20.9. The van der Waals surface area contributed by atoms with Gasteiger partial charge in [-0.1, -0.05) is 6.07 Å². The first-order valence-electron chi connectivity index (χ1n) is 10.8. The standard InChI is InChI=1S/C24H25F2N5O2/c1-13-21-22(30-29-13)15-11-14(31-9-10-33-19(12-31)24(2,3)32)7-8-18(15)27-23(28-21)20-16(25)5-4-6-17(20)26/h4-8,11,19,32H,9-10,12H2,1-3H3,(H,27,28)(H,29,30)/t19-/m0/s1. The summed E-state index contributed by atoms with van der Waals surface area (Å²) >= 11 is 0. The van der Waals surface area contributed by atoms with Gasteiger partial charge < -0.3 is 20.1 Å². The first-order valence-corrected chi connectivity index (χ1v) is 10.8. The molecule has 1 fully saturated rings. The second-order valence-electron chi connectivity index (χ2n) is 8.92. The van der Waals surface area contributed by atoms with Crippen LogP contribution < -0.4 is 10.2 Å². The lowest BCUT2D eigenvalue weighted by Crippen LogP contribution is -2.52. The number of anilines is 2. The summed E-state index contributed by atoms with van der Waals surface area (Å²) in [7, 11) is 0. The molecule has 3 aromatic rings. The number of ether oxygens (including phenoxy) is 1.